The van der Waals surface area contributed by atoms with Crippen molar-refractivity contribution in [3.05, 3.63) is 28.8 Å². The Morgan fingerprint density at radius 1 is 1.31 bits per heavy atom. The second kappa shape index (κ2) is 9.93. The zero-order chi connectivity index (χ0) is 19.1. The van der Waals surface area contributed by atoms with Crippen LogP contribution < -0.4 is 10.6 Å². The summed E-state index contributed by atoms with van der Waals surface area (Å²) in [5.41, 5.74) is 1.08. The molecule has 5 nitrogen and oxygen atoms in total. The predicted molar refractivity (Wildman–Crippen MR) is 107 cm³/mol. The first-order valence-corrected chi connectivity index (χ1v) is 9.91. The van der Waals surface area contributed by atoms with Gasteiger partial charge in [-0.05, 0) is 56.5 Å². The number of benzene rings is 1. The fourth-order valence-corrected chi connectivity index (χ4v) is 3.51. The number of hydrogen-bond acceptors (Lipinski definition) is 3. The Labute approximate surface area is 161 Å². The number of nitrogens with zero attached hydrogens (tertiary/aromatic N) is 1. The van der Waals surface area contributed by atoms with Gasteiger partial charge in [0.05, 0.1) is 10.6 Å². The molecule has 144 valence electrons. The van der Waals surface area contributed by atoms with Gasteiger partial charge in [-0.2, -0.15) is 0 Å². The highest BCUT2D eigenvalue weighted by Gasteiger charge is 2.27. The highest BCUT2D eigenvalue weighted by molar-refractivity contribution is 6.34. The van der Waals surface area contributed by atoms with Gasteiger partial charge < -0.3 is 15.5 Å². The van der Waals surface area contributed by atoms with Gasteiger partial charge in [-0.1, -0.05) is 32.4 Å². The molecule has 2 N–H and O–H groups in total. The number of hydrogen-bond donors (Lipinski definition) is 2. The summed E-state index contributed by atoms with van der Waals surface area (Å²) in [7, 11) is 0. The summed E-state index contributed by atoms with van der Waals surface area (Å²) in [6, 6.07) is 5.37. The van der Waals surface area contributed by atoms with E-state index in [9.17, 15) is 9.59 Å². The smallest absolute Gasteiger partial charge is 0.255 e. The lowest BCUT2D eigenvalue weighted by atomic mass is 10.0. The summed E-state index contributed by atoms with van der Waals surface area (Å²) < 4.78 is 0. The minimum atomic E-state index is -0.0521. The molecule has 1 aliphatic heterocycles. The number of nitrogens with one attached hydrogen (secondary N) is 2. The number of amides is 2. The molecule has 26 heavy (non-hydrogen) atoms. The summed E-state index contributed by atoms with van der Waals surface area (Å²) in [5.74, 6) is 0.177. The highest BCUT2D eigenvalue weighted by Crippen LogP contribution is 2.25. The number of carbonyl (C=O) groups is 2. The van der Waals surface area contributed by atoms with Crippen molar-refractivity contribution in [3.8, 4) is 0 Å². The lowest BCUT2D eigenvalue weighted by Gasteiger charge is -2.35. The Hall–Kier alpha value is -1.59. The van der Waals surface area contributed by atoms with E-state index in [0.717, 1.165) is 32.4 Å². The van der Waals surface area contributed by atoms with E-state index in [1.54, 1.807) is 18.2 Å². The van der Waals surface area contributed by atoms with Crippen LogP contribution in [-0.4, -0.2) is 42.4 Å². The largest absolute Gasteiger partial charge is 0.336 e. The molecule has 0 atom stereocenters. The molecule has 1 heterocycles. The number of rotatable bonds is 7. The molecule has 0 bridgehead atoms. The predicted octanol–water partition coefficient (Wildman–Crippen LogP) is 3.93. The lowest BCUT2D eigenvalue weighted by Crippen LogP contribution is -2.46. The van der Waals surface area contributed by atoms with Gasteiger partial charge in [-0.25, -0.2) is 0 Å². The molecule has 1 aromatic rings. The van der Waals surface area contributed by atoms with Gasteiger partial charge in [0, 0.05) is 24.7 Å². The third kappa shape index (κ3) is 5.71. The van der Waals surface area contributed by atoms with E-state index in [-0.39, 0.29) is 23.8 Å². The Bertz CT molecular complexity index is 627. The molecule has 0 aliphatic carbocycles. The van der Waals surface area contributed by atoms with Crippen LogP contribution in [0.25, 0.3) is 0 Å². The fraction of sp³-hybridized carbons (Fsp3) is 0.600. The molecule has 0 spiro atoms. The van der Waals surface area contributed by atoms with Crippen molar-refractivity contribution in [2.24, 2.45) is 5.92 Å². The average Bonchev–Trinajstić information content (AvgIpc) is 2.61. The molecule has 1 fully saturated rings. The van der Waals surface area contributed by atoms with Crippen molar-refractivity contribution < 1.29 is 9.59 Å². The van der Waals surface area contributed by atoms with Gasteiger partial charge in [0.25, 0.3) is 5.91 Å². The summed E-state index contributed by atoms with van der Waals surface area (Å²) in [5, 5.41) is 6.63. The van der Waals surface area contributed by atoms with Crippen molar-refractivity contribution in [2.45, 2.75) is 52.5 Å². The van der Waals surface area contributed by atoms with E-state index < -0.39 is 0 Å². The topological polar surface area (TPSA) is 61.4 Å². The molecule has 2 rings (SSSR count). The van der Waals surface area contributed by atoms with E-state index >= 15 is 0 Å². The molecule has 1 saturated heterocycles. The molecule has 0 radical (unpaired) electrons. The first-order chi connectivity index (χ1) is 12.4. The van der Waals surface area contributed by atoms with Crippen molar-refractivity contribution in [2.75, 3.05) is 25.0 Å². The number of anilines is 1. The summed E-state index contributed by atoms with van der Waals surface area (Å²) in [6.07, 6.45) is 3.25. The quantitative estimate of drug-likeness (QED) is 0.754. The van der Waals surface area contributed by atoms with Crippen LogP contribution >= 0.6 is 11.6 Å². The maximum absolute atomic E-state index is 13.2. The van der Waals surface area contributed by atoms with Crippen LogP contribution in [0.3, 0.4) is 0 Å². The molecule has 1 aliphatic rings. The first kappa shape index (κ1) is 20.7. The van der Waals surface area contributed by atoms with Gasteiger partial charge in [-0.3, -0.25) is 9.59 Å². The number of piperidine rings is 1. The Morgan fingerprint density at radius 3 is 2.62 bits per heavy atom. The van der Waals surface area contributed by atoms with Crippen molar-refractivity contribution in [3.63, 3.8) is 0 Å². The minimum Gasteiger partial charge on any atom is -0.336 e. The van der Waals surface area contributed by atoms with E-state index in [1.165, 1.54) is 0 Å². The molecule has 6 heteroatoms. The maximum Gasteiger partial charge on any atom is 0.255 e. The van der Waals surface area contributed by atoms with Crippen LogP contribution in [0.5, 0.6) is 0 Å². The second-order valence-electron chi connectivity index (χ2n) is 7.32. The third-order valence-corrected chi connectivity index (χ3v) is 4.88. The molecular formula is C20H30ClN3O2. The van der Waals surface area contributed by atoms with Crippen LogP contribution in [0.1, 0.15) is 56.8 Å². The zero-order valence-electron chi connectivity index (χ0n) is 16.0. The molecular weight excluding hydrogens is 350 g/mol. The summed E-state index contributed by atoms with van der Waals surface area (Å²) in [6.45, 7) is 8.64. The first-order valence-electron chi connectivity index (χ1n) is 9.53. The van der Waals surface area contributed by atoms with E-state index in [4.69, 9.17) is 11.6 Å². The molecule has 2 amide bonds. The van der Waals surface area contributed by atoms with Crippen LogP contribution in [0.2, 0.25) is 5.02 Å². The monoisotopic (exact) mass is 379 g/mol. The number of carbonyl (C=O) groups excluding carboxylic acids is 2. The average molecular weight is 380 g/mol. The minimum absolute atomic E-state index is 0.0514. The Kier molecular flexibility index (Phi) is 7.91. The van der Waals surface area contributed by atoms with Gasteiger partial charge in [0.15, 0.2) is 0 Å². The number of halogens is 1. The maximum atomic E-state index is 13.2. The highest BCUT2D eigenvalue weighted by atomic mass is 35.5. The second-order valence-corrected chi connectivity index (χ2v) is 7.73. The molecule has 0 saturated carbocycles. The zero-order valence-corrected chi connectivity index (χ0v) is 16.7. The normalized spacial score (nSPS) is 15.1. The summed E-state index contributed by atoms with van der Waals surface area (Å²) >= 11 is 6.32. The van der Waals surface area contributed by atoms with Crippen LogP contribution in [0.15, 0.2) is 18.2 Å². The molecule has 0 aromatic heterocycles. The lowest BCUT2D eigenvalue weighted by molar-refractivity contribution is -0.116. The van der Waals surface area contributed by atoms with Crippen molar-refractivity contribution in [1.82, 2.24) is 10.2 Å². The van der Waals surface area contributed by atoms with Crippen LogP contribution in [0.4, 0.5) is 5.69 Å². The third-order valence-electron chi connectivity index (χ3n) is 4.55. The molecule has 0 unspecified atom stereocenters. The van der Waals surface area contributed by atoms with Gasteiger partial charge in [-0.15, -0.1) is 0 Å². The fourth-order valence-electron chi connectivity index (χ4n) is 3.31. The standard InChI is InChI=1S/C20H30ClN3O2/c1-4-11-24(16-7-9-22-10-8-16)20(26)17-13-15(5-6-18(17)21)23-19(25)12-14(2)3/h5-6,13-14,16,22H,4,7-12H2,1-3H3,(H,23,25). The molecule has 1 aromatic carbocycles. The van der Waals surface area contributed by atoms with E-state index in [1.807, 2.05) is 18.7 Å². The van der Waals surface area contributed by atoms with Gasteiger partial charge in [0.1, 0.15) is 0 Å². The Balaban J connectivity index is 2.19. The van der Waals surface area contributed by atoms with Crippen molar-refractivity contribution >= 4 is 29.1 Å². The Morgan fingerprint density at radius 2 is 2.00 bits per heavy atom. The SMILES string of the molecule is CCCN(C(=O)c1cc(NC(=O)CC(C)C)ccc1Cl)C1CCNCC1. The van der Waals surface area contributed by atoms with Gasteiger partial charge in [0.2, 0.25) is 5.91 Å². The summed E-state index contributed by atoms with van der Waals surface area (Å²) in [4.78, 5) is 27.2. The van der Waals surface area contributed by atoms with Crippen LogP contribution in [-0.2, 0) is 4.79 Å². The van der Waals surface area contributed by atoms with E-state index in [0.29, 0.717) is 29.2 Å². The van der Waals surface area contributed by atoms with E-state index in [2.05, 4.69) is 17.6 Å². The van der Waals surface area contributed by atoms with Crippen LogP contribution in [0, 0.1) is 5.92 Å². The van der Waals surface area contributed by atoms with Gasteiger partial charge >= 0.3 is 0 Å². The van der Waals surface area contributed by atoms with Crippen molar-refractivity contribution in [1.29, 1.82) is 0 Å².